The van der Waals surface area contributed by atoms with Crippen molar-refractivity contribution in [2.75, 3.05) is 49.0 Å². The smallest absolute Gasteiger partial charge is 0.407 e. The number of carbonyl (C=O) groups is 2. The van der Waals surface area contributed by atoms with Gasteiger partial charge in [0.2, 0.25) is 11.9 Å². The number of fused-ring (bicyclic) bond motifs is 1. The van der Waals surface area contributed by atoms with E-state index in [0.717, 1.165) is 25.5 Å². The second-order valence-corrected chi connectivity index (χ2v) is 16.5. The van der Waals surface area contributed by atoms with Crippen molar-refractivity contribution in [1.29, 1.82) is 0 Å². The van der Waals surface area contributed by atoms with Gasteiger partial charge in [0.05, 0.1) is 38.0 Å². The van der Waals surface area contributed by atoms with Crippen LogP contribution in [0.25, 0.3) is 11.2 Å². The third kappa shape index (κ3) is 10.6. The highest BCUT2D eigenvalue weighted by molar-refractivity contribution is 7.90. The average molecular weight is 709 g/mol. The quantitative estimate of drug-likeness (QED) is 0.208. The second kappa shape index (κ2) is 15.1. The number of hydrogen-bond donors (Lipinski definition) is 3. The van der Waals surface area contributed by atoms with E-state index in [1.165, 1.54) is 7.11 Å². The van der Waals surface area contributed by atoms with Crippen LogP contribution in [0.5, 0.6) is 5.88 Å². The fraction of sp³-hybridized carbons (Fsp3) is 0.677. The Morgan fingerprint density at radius 3 is 2.47 bits per heavy atom. The molecule has 0 radical (unpaired) electrons. The summed E-state index contributed by atoms with van der Waals surface area (Å²) in [5.74, 6) is 0.0987. The zero-order valence-electron chi connectivity index (χ0n) is 29.5. The topological polar surface area (TPSA) is 187 Å². The molecule has 0 spiro atoms. The number of aromatic nitrogens is 6. The van der Waals surface area contributed by atoms with E-state index in [0.29, 0.717) is 41.6 Å². The Balaban J connectivity index is 1.48. The average Bonchev–Trinajstić information content (AvgIpc) is 3.69. The van der Waals surface area contributed by atoms with Crippen LogP contribution in [-0.4, -0.2) is 106 Å². The maximum Gasteiger partial charge on any atom is 0.407 e. The summed E-state index contributed by atoms with van der Waals surface area (Å²) in [6.45, 7) is 12.6. The van der Waals surface area contributed by atoms with Crippen LogP contribution >= 0.6 is 0 Å². The molecule has 0 unspecified atom stereocenters. The molecule has 1 aliphatic heterocycles. The zero-order chi connectivity index (χ0) is 36.1. The SMILES string of the molecule is COc1nn(CCCCCNC(=O)OC(C)(C)C)cc1Nc1nc(N2C[C@@H](F)[C@H](NC(=O)CCS(C)(=O)=O)C2)nc2c1ncn2C(C)(C)C. The van der Waals surface area contributed by atoms with Crippen molar-refractivity contribution >= 4 is 50.5 Å². The summed E-state index contributed by atoms with van der Waals surface area (Å²) >= 11 is 0. The van der Waals surface area contributed by atoms with Crippen molar-refractivity contribution in [2.45, 2.75) is 97.1 Å². The summed E-state index contributed by atoms with van der Waals surface area (Å²) in [6, 6.07) is -0.860. The van der Waals surface area contributed by atoms with Crippen LogP contribution in [0.2, 0.25) is 0 Å². The van der Waals surface area contributed by atoms with E-state index < -0.39 is 39.7 Å². The van der Waals surface area contributed by atoms with Gasteiger partial charge in [-0.15, -0.1) is 5.10 Å². The molecule has 2 amide bonds. The molecule has 3 aromatic heterocycles. The van der Waals surface area contributed by atoms with Crippen molar-refractivity contribution in [3.63, 3.8) is 0 Å². The molecule has 3 aromatic rings. The van der Waals surface area contributed by atoms with Crippen molar-refractivity contribution in [3.8, 4) is 5.88 Å². The number of nitrogens with one attached hydrogen (secondary N) is 3. The first kappa shape index (κ1) is 37.6. The molecule has 1 aliphatic rings. The third-order valence-corrected chi connectivity index (χ3v) is 8.54. The van der Waals surface area contributed by atoms with Crippen molar-refractivity contribution in [2.24, 2.45) is 0 Å². The van der Waals surface area contributed by atoms with Gasteiger partial charge in [0.1, 0.15) is 27.3 Å². The Labute approximate surface area is 286 Å². The molecule has 0 aliphatic carbocycles. The first-order valence-corrected chi connectivity index (χ1v) is 18.4. The zero-order valence-corrected chi connectivity index (χ0v) is 30.4. The van der Waals surface area contributed by atoms with Crippen LogP contribution in [0.1, 0.15) is 67.2 Å². The normalized spacial score (nSPS) is 17.0. The first-order valence-electron chi connectivity index (χ1n) is 16.3. The predicted molar refractivity (Wildman–Crippen MR) is 184 cm³/mol. The Hall–Kier alpha value is -4.22. The van der Waals surface area contributed by atoms with Gasteiger partial charge in [-0.25, -0.2) is 22.6 Å². The summed E-state index contributed by atoms with van der Waals surface area (Å²) in [6.07, 6.45) is 4.88. The number of hydrogen-bond acceptors (Lipinski definition) is 12. The number of rotatable bonds is 14. The Morgan fingerprint density at radius 1 is 1.08 bits per heavy atom. The van der Waals surface area contributed by atoms with E-state index in [2.05, 4.69) is 26.0 Å². The van der Waals surface area contributed by atoms with E-state index in [1.54, 1.807) is 15.9 Å². The number of imidazole rings is 1. The van der Waals surface area contributed by atoms with Crippen molar-refractivity contribution in [3.05, 3.63) is 12.5 Å². The molecule has 4 rings (SSSR count). The van der Waals surface area contributed by atoms with Crippen LogP contribution in [0, 0.1) is 0 Å². The largest absolute Gasteiger partial charge is 0.478 e. The lowest BCUT2D eigenvalue weighted by molar-refractivity contribution is -0.121. The van der Waals surface area contributed by atoms with Crippen LogP contribution in [0.4, 0.5) is 26.6 Å². The van der Waals surface area contributed by atoms with Gasteiger partial charge in [-0.1, -0.05) is 0 Å². The number of carbonyl (C=O) groups excluding carboxylic acids is 2. The summed E-state index contributed by atoms with van der Waals surface area (Å²) in [7, 11) is -1.81. The molecule has 4 heterocycles. The number of nitrogens with zero attached hydrogens (tertiary/aromatic N) is 7. The molecule has 272 valence electrons. The minimum absolute atomic E-state index is 0.0693. The number of halogens is 1. The molecule has 0 aromatic carbocycles. The number of sulfone groups is 1. The molecular formula is C31H49FN10O6S. The van der Waals surface area contributed by atoms with Crippen LogP contribution in [0.3, 0.4) is 0 Å². The van der Waals surface area contributed by atoms with E-state index >= 15 is 4.39 Å². The number of methoxy groups -OCH3 is 1. The van der Waals surface area contributed by atoms with Gasteiger partial charge in [-0.05, 0) is 60.8 Å². The summed E-state index contributed by atoms with van der Waals surface area (Å²) in [5.41, 5.74) is 0.645. The molecule has 2 atom stereocenters. The molecule has 16 nitrogen and oxygen atoms in total. The monoisotopic (exact) mass is 708 g/mol. The van der Waals surface area contributed by atoms with Crippen molar-refractivity contribution in [1.82, 2.24) is 39.9 Å². The van der Waals surface area contributed by atoms with Gasteiger partial charge in [0.15, 0.2) is 17.0 Å². The van der Waals surface area contributed by atoms with E-state index in [4.69, 9.17) is 19.4 Å². The number of amides is 2. The highest BCUT2D eigenvalue weighted by atomic mass is 32.2. The second-order valence-electron chi connectivity index (χ2n) is 14.2. The minimum atomic E-state index is -3.33. The van der Waals surface area contributed by atoms with Gasteiger partial charge >= 0.3 is 6.09 Å². The number of alkyl carbamates (subject to hydrolysis) is 1. The van der Waals surface area contributed by atoms with E-state index in [9.17, 15) is 18.0 Å². The molecule has 0 saturated carbocycles. The Bertz CT molecular complexity index is 1730. The molecule has 1 fully saturated rings. The molecule has 0 bridgehead atoms. The molecule has 3 N–H and O–H groups in total. The van der Waals surface area contributed by atoms with Crippen molar-refractivity contribution < 1.29 is 31.9 Å². The van der Waals surface area contributed by atoms with Gasteiger partial charge < -0.3 is 34.9 Å². The number of ether oxygens (including phenoxy) is 2. The molecule has 18 heteroatoms. The summed E-state index contributed by atoms with van der Waals surface area (Å²) < 4.78 is 52.6. The van der Waals surface area contributed by atoms with Gasteiger partial charge in [-0.2, -0.15) is 9.97 Å². The number of unbranched alkanes of at least 4 members (excludes halogenated alkanes) is 2. The number of anilines is 3. The Morgan fingerprint density at radius 2 is 1.82 bits per heavy atom. The van der Waals surface area contributed by atoms with Gasteiger partial charge in [-0.3, -0.25) is 9.48 Å². The number of aryl methyl sites for hydroxylation is 1. The number of alkyl halides is 1. The molecular weight excluding hydrogens is 659 g/mol. The lowest BCUT2D eigenvalue weighted by atomic mass is 10.1. The summed E-state index contributed by atoms with van der Waals surface area (Å²) in [5, 5.41) is 13.2. The van der Waals surface area contributed by atoms with Crippen LogP contribution in [-0.2, 0) is 31.5 Å². The maximum absolute atomic E-state index is 15.2. The lowest BCUT2D eigenvalue weighted by Gasteiger charge is -2.22. The molecule has 1 saturated heterocycles. The standard InChI is InChI=1S/C31H49FN10O6S/c1-30(2,3)42-19-34-24-25(36-22-18-41(39-27(22)47-7)14-11-9-10-13-33-29(44)48-31(4,5)6)37-28(38-26(24)42)40-16-20(32)21(17-40)35-23(43)12-15-49(8,45)46/h18-21H,9-17H2,1-8H3,(H,33,44)(H,35,43)(H,36,37,38)/t20-,21-/m1/s1. The molecule has 49 heavy (non-hydrogen) atoms. The minimum Gasteiger partial charge on any atom is -0.478 e. The predicted octanol–water partition coefficient (Wildman–Crippen LogP) is 3.30. The highest BCUT2D eigenvalue weighted by Gasteiger charge is 2.36. The first-order chi connectivity index (χ1) is 22.8. The Kier molecular flexibility index (Phi) is 11.6. The van der Waals surface area contributed by atoms with Gasteiger partial charge in [0, 0.05) is 37.8 Å². The van der Waals surface area contributed by atoms with Crippen LogP contribution in [0.15, 0.2) is 12.5 Å². The fourth-order valence-electron chi connectivity index (χ4n) is 5.19. The van der Waals surface area contributed by atoms with Gasteiger partial charge in [0.25, 0.3) is 5.88 Å². The fourth-order valence-corrected chi connectivity index (χ4v) is 5.75. The highest BCUT2D eigenvalue weighted by Crippen LogP contribution is 2.32. The maximum atomic E-state index is 15.2. The third-order valence-electron chi connectivity index (χ3n) is 7.59. The van der Waals surface area contributed by atoms with E-state index in [1.807, 2.05) is 52.3 Å². The van der Waals surface area contributed by atoms with E-state index in [-0.39, 0.29) is 36.8 Å². The lowest BCUT2D eigenvalue weighted by Crippen LogP contribution is -2.42. The van der Waals surface area contributed by atoms with Crippen LogP contribution < -0.4 is 25.6 Å². The summed E-state index contributed by atoms with van der Waals surface area (Å²) in [4.78, 5) is 40.0.